The number of hydrogen-bond donors (Lipinski definition) is 1. The number of hydrogen-bond acceptors (Lipinski definition) is 3. The lowest BCUT2D eigenvalue weighted by atomic mass is 10.0. The highest BCUT2D eigenvalue weighted by Crippen LogP contribution is 2.42. The molecule has 2 atom stereocenters. The highest BCUT2D eigenvalue weighted by molar-refractivity contribution is 9.10. The second kappa shape index (κ2) is 10.4. The van der Waals surface area contributed by atoms with Crippen LogP contribution < -0.4 is 15.0 Å². The van der Waals surface area contributed by atoms with E-state index in [0.29, 0.717) is 5.11 Å². The van der Waals surface area contributed by atoms with E-state index < -0.39 is 0 Å². The van der Waals surface area contributed by atoms with Crippen molar-refractivity contribution in [2.24, 2.45) is 0 Å². The number of nitrogens with zero attached hydrogens (tertiary/aromatic N) is 3. The van der Waals surface area contributed by atoms with Crippen LogP contribution in [0.1, 0.15) is 29.0 Å². The van der Waals surface area contributed by atoms with Gasteiger partial charge < -0.3 is 19.5 Å². The highest BCUT2D eigenvalue weighted by Gasteiger charge is 2.42. The molecule has 1 aliphatic rings. The Balaban J connectivity index is 1.40. The summed E-state index contributed by atoms with van der Waals surface area (Å²) in [7, 11) is 0. The first-order valence-electron chi connectivity index (χ1n) is 12.4. The molecule has 1 saturated heterocycles. The maximum atomic E-state index is 6.14. The van der Waals surface area contributed by atoms with Crippen molar-refractivity contribution in [3.05, 3.63) is 137 Å². The predicted octanol–water partition coefficient (Wildman–Crippen LogP) is 7.91. The number of halogens is 1. The first-order valence-corrected chi connectivity index (χ1v) is 13.6. The van der Waals surface area contributed by atoms with Crippen LogP contribution in [0.5, 0.6) is 11.5 Å². The highest BCUT2D eigenvalue weighted by atomic mass is 79.9. The third kappa shape index (κ3) is 4.71. The minimum atomic E-state index is -0.129. The Morgan fingerprint density at radius 3 is 2.32 bits per heavy atom. The molecule has 0 spiro atoms. The average Bonchev–Trinajstić information content (AvgIpc) is 3.56. The summed E-state index contributed by atoms with van der Waals surface area (Å²) >= 11 is 9.47. The van der Waals surface area contributed by atoms with Crippen LogP contribution >= 0.6 is 28.1 Å². The molecule has 0 radical (unpaired) electrons. The molecule has 5 nitrogen and oxygen atoms in total. The zero-order valence-corrected chi connectivity index (χ0v) is 23.1. The van der Waals surface area contributed by atoms with Gasteiger partial charge in [0.25, 0.3) is 0 Å². The summed E-state index contributed by atoms with van der Waals surface area (Å²) < 4.78 is 9.40. The quantitative estimate of drug-likeness (QED) is 0.207. The maximum Gasteiger partial charge on any atom is 0.174 e. The van der Waals surface area contributed by atoms with E-state index in [2.05, 4.69) is 90.4 Å². The summed E-state index contributed by atoms with van der Waals surface area (Å²) in [5.74, 6) is 1.62. The number of ether oxygens (including phenoxy) is 1. The minimum absolute atomic E-state index is 0.126. The van der Waals surface area contributed by atoms with Crippen molar-refractivity contribution in [3.8, 4) is 17.2 Å². The third-order valence-electron chi connectivity index (χ3n) is 6.72. The summed E-state index contributed by atoms with van der Waals surface area (Å²) in [5, 5.41) is 4.20. The largest absolute Gasteiger partial charge is 0.457 e. The normalized spacial score (nSPS) is 16.9. The molecule has 3 aromatic carbocycles. The van der Waals surface area contributed by atoms with Crippen molar-refractivity contribution in [2.75, 3.05) is 4.90 Å². The SMILES string of the molecule is Cc1ccccc1Oc1ccc(N2C(=S)N[C@@H](c3ccccn3)[C@@H]2c2cccn2-c2ccc(Br)cc2)cc1. The van der Waals surface area contributed by atoms with Gasteiger partial charge in [-0.05, 0) is 104 Å². The molecule has 1 fully saturated rings. The monoisotopic (exact) mass is 580 g/mol. The number of aromatic nitrogens is 2. The molecule has 2 aromatic heterocycles. The molecular weight excluding hydrogens is 556 g/mol. The summed E-state index contributed by atoms with van der Waals surface area (Å²) in [6.07, 6.45) is 3.91. The molecule has 6 rings (SSSR count). The fourth-order valence-corrected chi connectivity index (χ4v) is 5.49. The first-order chi connectivity index (χ1) is 18.6. The van der Waals surface area contributed by atoms with Crippen LogP contribution in [-0.2, 0) is 0 Å². The molecule has 0 aliphatic carbocycles. The molecule has 1 aliphatic heterocycles. The second-order valence-corrected chi connectivity index (χ2v) is 10.4. The van der Waals surface area contributed by atoms with Gasteiger partial charge in [0, 0.05) is 33.9 Å². The van der Waals surface area contributed by atoms with Crippen LogP contribution in [0, 0.1) is 6.92 Å². The van der Waals surface area contributed by atoms with E-state index in [-0.39, 0.29) is 12.1 Å². The average molecular weight is 582 g/mol. The number of rotatable bonds is 6. The van der Waals surface area contributed by atoms with Crippen LogP contribution in [0.3, 0.4) is 0 Å². The van der Waals surface area contributed by atoms with E-state index >= 15 is 0 Å². The molecule has 0 amide bonds. The molecule has 7 heteroatoms. The van der Waals surface area contributed by atoms with Crippen LogP contribution in [-0.4, -0.2) is 14.7 Å². The van der Waals surface area contributed by atoms with Crippen LogP contribution in [0.2, 0.25) is 0 Å². The van der Waals surface area contributed by atoms with Crippen molar-refractivity contribution in [1.82, 2.24) is 14.9 Å². The molecular formula is C31H25BrN4OS. The smallest absolute Gasteiger partial charge is 0.174 e. The lowest BCUT2D eigenvalue weighted by Gasteiger charge is -2.29. The molecule has 0 unspecified atom stereocenters. The third-order valence-corrected chi connectivity index (χ3v) is 7.57. The first kappa shape index (κ1) is 24.4. The van der Waals surface area contributed by atoms with Gasteiger partial charge in [-0.3, -0.25) is 4.98 Å². The number of nitrogens with one attached hydrogen (secondary N) is 1. The zero-order valence-electron chi connectivity index (χ0n) is 20.7. The van der Waals surface area contributed by atoms with Crippen molar-refractivity contribution in [2.45, 2.75) is 19.0 Å². The van der Waals surface area contributed by atoms with Crippen LogP contribution in [0.4, 0.5) is 5.69 Å². The van der Waals surface area contributed by atoms with Crippen LogP contribution in [0.25, 0.3) is 5.69 Å². The molecule has 0 saturated carbocycles. The topological polar surface area (TPSA) is 42.3 Å². The Labute approximate surface area is 235 Å². The van der Waals surface area contributed by atoms with E-state index in [1.165, 1.54) is 0 Å². The van der Waals surface area contributed by atoms with Crippen molar-refractivity contribution >= 4 is 38.9 Å². The fraction of sp³-hybridized carbons (Fsp3) is 0.0968. The van der Waals surface area contributed by atoms with Gasteiger partial charge >= 0.3 is 0 Å². The summed E-state index contributed by atoms with van der Waals surface area (Å²) in [6, 6.07) is 34.4. The van der Waals surface area contributed by atoms with Gasteiger partial charge in [-0.2, -0.15) is 0 Å². The Morgan fingerprint density at radius 2 is 1.58 bits per heavy atom. The predicted molar refractivity (Wildman–Crippen MR) is 159 cm³/mol. The van der Waals surface area contributed by atoms with Gasteiger partial charge in [0.05, 0.1) is 11.7 Å². The van der Waals surface area contributed by atoms with E-state index in [4.69, 9.17) is 17.0 Å². The van der Waals surface area contributed by atoms with Gasteiger partial charge in [0.15, 0.2) is 5.11 Å². The number of benzene rings is 3. The van der Waals surface area contributed by atoms with E-state index in [1.54, 1.807) is 0 Å². The number of anilines is 1. The Kier molecular flexibility index (Phi) is 6.70. The van der Waals surface area contributed by atoms with Crippen LogP contribution in [0.15, 0.2) is 120 Å². The van der Waals surface area contributed by atoms with Gasteiger partial charge in [-0.1, -0.05) is 40.2 Å². The number of pyridine rings is 1. The zero-order chi connectivity index (χ0) is 26.1. The van der Waals surface area contributed by atoms with Gasteiger partial charge in [-0.15, -0.1) is 0 Å². The Morgan fingerprint density at radius 1 is 0.842 bits per heavy atom. The maximum absolute atomic E-state index is 6.14. The number of aryl methyl sites for hydroxylation is 1. The molecule has 3 heterocycles. The summed E-state index contributed by atoms with van der Waals surface area (Å²) in [6.45, 7) is 2.04. The van der Waals surface area contributed by atoms with Crippen molar-refractivity contribution < 1.29 is 4.74 Å². The molecule has 188 valence electrons. The van der Waals surface area contributed by atoms with Crippen molar-refractivity contribution in [1.29, 1.82) is 0 Å². The molecule has 38 heavy (non-hydrogen) atoms. The van der Waals surface area contributed by atoms with Gasteiger partial charge in [0.1, 0.15) is 17.5 Å². The van der Waals surface area contributed by atoms with E-state index in [1.807, 2.05) is 67.7 Å². The van der Waals surface area contributed by atoms with E-state index in [9.17, 15) is 0 Å². The lowest BCUT2D eigenvalue weighted by molar-refractivity contribution is 0.479. The number of thiocarbonyl (C=S) groups is 1. The van der Waals surface area contributed by atoms with Gasteiger partial charge in [0.2, 0.25) is 0 Å². The summed E-state index contributed by atoms with van der Waals surface area (Å²) in [5.41, 5.74) is 5.19. The second-order valence-electron chi connectivity index (χ2n) is 9.14. The number of para-hydroxylation sites is 1. The summed E-state index contributed by atoms with van der Waals surface area (Å²) in [4.78, 5) is 6.86. The standard InChI is InChI=1S/C31H25BrN4OS/c1-21-7-2-3-10-28(21)37-25-17-15-24(16-18-25)36-30(29(34-31(36)38)26-8-4-5-19-33-26)27-9-6-20-35(27)23-13-11-22(32)12-14-23/h2-20,29-30H,1H3,(H,34,38)/t29-,30-/m0/s1. The molecule has 5 aromatic rings. The van der Waals surface area contributed by atoms with Crippen molar-refractivity contribution in [3.63, 3.8) is 0 Å². The lowest BCUT2D eigenvalue weighted by Crippen LogP contribution is -2.30. The van der Waals surface area contributed by atoms with E-state index in [0.717, 1.165) is 44.3 Å². The Hall–Kier alpha value is -3.94. The molecule has 1 N–H and O–H groups in total. The molecule has 0 bridgehead atoms. The fourth-order valence-electron chi connectivity index (χ4n) is 4.88. The van der Waals surface area contributed by atoms with Gasteiger partial charge in [-0.25, -0.2) is 0 Å². The minimum Gasteiger partial charge on any atom is -0.457 e. The Bertz CT molecular complexity index is 1570.